The van der Waals surface area contributed by atoms with Gasteiger partial charge in [0.25, 0.3) is 0 Å². The Morgan fingerprint density at radius 1 is 1.58 bits per heavy atom. The van der Waals surface area contributed by atoms with E-state index in [4.69, 9.17) is 10.4 Å². The molecule has 0 aromatic rings. The molecule has 1 amide bonds. The first-order chi connectivity index (χ1) is 5.74. The zero-order valence-electron chi connectivity index (χ0n) is 6.60. The molecule has 4 heteroatoms. The van der Waals surface area contributed by atoms with E-state index in [-0.39, 0.29) is 0 Å². The van der Waals surface area contributed by atoms with Crippen molar-refractivity contribution in [1.29, 1.82) is 5.26 Å². The molecular formula is C8H10N2O2. The molecule has 2 atom stereocenters. The molecule has 0 radical (unpaired) electrons. The Labute approximate surface area is 70.4 Å². The number of amides is 1. The van der Waals surface area contributed by atoms with Crippen LogP contribution in [0.2, 0.25) is 0 Å². The minimum Gasteiger partial charge on any atom is -0.465 e. The Morgan fingerprint density at radius 3 is 2.58 bits per heavy atom. The topological polar surface area (TPSA) is 64.3 Å². The van der Waals surface area contributed by atoms with Gasteiger partial charge in [-0.3, -0.25) is 0 Å². The molecule has 12 heavy (non-hydrogen) atoms. The molecule has 2 unspecified atom stereocenters. The van der Waals surface area contributed by atoms with Gasteiger partial charge < -0.3 is 10.0 Å². The van der Waals surface area contributed by atoms with Crippen LogP contribution in [0, 0.1) is 29.1 Å². The molecule has 0 bridgehead atoms. The molecule has 2 fully saturated rings. The maximum atomic E-state index is 10.5. The predicted molar refractivity (Wildman–Crippen MR) is 40.3 cm³/mol. The summed E-state index contributed by atoms with van der Waals surface area (Å²) in [6.07, 6.45) is -0.221. The minimum absolute atomic E-state index is 0.487. The average Bonchev–Trinajstić information content (AvgIpc) is 2.51. The standard InChI is InChI=1S/C8H10N2O2/c9-2-1-5-6-3-10(8(11)12)4-7(5)6/h5-7H,1,3-4H2,(H,11,12). The van der Waals surface area contributed by atoms with Gasteiger partial charge in [-0.15, -0.1) is 0 Å². The van der Waals surface area contributed by atoms with Crippen molar-refractivity contribution in [1.82, 2.24) is 4.90 Å². The average molecular weight is 166 g/mol. The first-order valence-corrected chi connectivity index (χ1v) is 4.09. The highest BCUT2D eigenvalue weighted by Gasteiger charge is 2.56. The van der Waals surface area contributed by atoms with Gasteiger partial charge in [-0.1, -0.05) is 0 Å². The maximum absolute atomic E-state index is 10.5. The Balaban J connectivity index is 1.87. The summed E-state index contributed by atoms with van der Waals surface area (Å²) in [6, 6.07) is 2.14. The maximum Gasteiger partial charge on any atom is 0.407 e. The molecule has 1 aliphatic heterocycles. The number of fused-ring (bicyclic) bond motifs is 1. The van der Waals surface area contributed by atoms with Gasteiger partial charge in [-0.2, -0.15) is 5.26 Å². The van der Waals surface area contributed by atoms with E-state index in [1.165, 1.54) is 4.90 Å². The van der Waals surface area contributed by atoms with E-state index in [2.05, 4.69) is 6.07 Å². The summed E-state index contributed by atoms with van der Waals surface area (Å²) < 4.78 is 0. The molecule has 0 spiro atoms. The van der Waals surface area contributed by atoms with Crippen molar-refractivity contribution >= 4 is 6.09 Å². The van der Waals surface area contributed by atoms with Gasteiger partial charge in [0.2, 0.25) is 0 Å². The number of carboxylic acid groups (broad SMARTS) is 1. The Bertz CT molecular complexity index is 246. The Morgan fingerprint density at radius 2 is 2.17 bits per heavy atom. The minimum atomic E-state index is -0.821. The summed E-state index contributed by atoms with van der Waals surface area (Å²) in [7, 11) is 0. The van der Waals surface area contributed by atoms with Gasteiger partial charge in [0.1, 0.15) is 0 Å². The van der Waals surface area contributed by atoms with Crippen LogP contribution in [-0.2, 0) is 0 Å². The van der Waals surface area contributed by atoms with E-state index in [1.54, 1.807) is 0 Å². The van der Waals surface area contributed by atoms with Gasteiger partial charge in [-0.05, 0) is 17.8 Å². The predicted octanol–water partition coefficient (Wildman–Crippen LogP) is 0.756. The van der Waals surface area contributed by atoms with Crippen LogP contribution in [0.3, 0.4) is 0 Å². The van der Waals surface area contributed by atoms with Crippen molar-refractivity contribution in [3.8, 4) is 6.07 Å². The Kier molecular flexibility index (Phi) is 1.47. The molecule has 1 heterocycles. The molecule has 1 aliphatic carbocycles. The summed E-state index contributed by atoms with van der Waals surface area (Å²) in [5, 5.41) is 17.1. The fourth-order valence-electron chi connectivity index (χ4n) is 2.21. The largest absolute Gasteiger partial charge is 0.465 e. The molecule has 1 saturated carbocycles. The molecule has 0 aromatic heterocycles. The van der Waals surface area contributed by atoms with Gasteiger partial charge in [0.05, 0.1) is 6.07 Å². The lowest BCUT2D eigenvalue weighted by atomic mass is 10.2. The quantitative estimate of drug-likeness (QED) is 0.625. The lowest BCUT2D eigenvalue weighted by molar-refractivity contribution is 0.148. The van der Waals surface area contributed by atoms with Gasteiger partial charge in [-0.25, -0.2) is 4.79 Å². The van der Waals surface area contributed by atoms with Crippen LogP contribution in [0.15, 0.2) is 0 Å². The van der Waals surface area contributed by atoms with Crippen LogP contribution in [0.4, 0.5) is 4.79 Å². The van der Waals surface area contributed by atoms with Crippen LogP contribution >= 0.6 is 0 Å². The molecule has 2 aliphatic rings. The molecular weight excluding hydrogens is 156 g/mol. The van der Waals surface area contributed by atoms with E-state index >= 15 is 0 Å². The number of piperidine rings is 1. The fourth-order valence-corrected chi connectivity index (χ4v) is 2.21. The van der Waals surface area contributed by atoms with E-state index < -0.39 is 6.09 Å². The third-order valence-corrected chi connectivity index (χ3v) is 2.97. The highest BCUT2D eigenvalue weighted by Crippen LogP contribution is 2.53. The molecule has 4 nitrogen and oxygen atoms in total. The van der Waals surface area contributed by atoms with Gasteiger partial charge in [0, 0.05) is 19.5 Å². The van der Waals surface area contributed by atoms with Crippen molar-refractivity contribution in [3.05, 3.63) is 0 Å². The second-order valence-electron chi connectivity index (χ2n) is 3.54. The van der Waals surface area contributed by atoms with Gasteiger partial charge in [0.15, 0.2) is 0 Å². The molecule has 64 valence electrons. The number of rotatable bonds is 1. The number of carbonyl (C=O) groups is 1. The molecule has 2 rings (SSSR count). The summed E-state index contributed by atoms with van der Waals surface area (Å²) in [5.74, 6) is 1.46. The first-order valence-electron chi connectivity index (χ1n) is 4.09. The van der Waals surface area contributed by atoms with Crippen molar-refractivity contribution < 1.29 is 9.90 Å². The highest BCUT2D eigenvalue weighted by atomic mass is 16.4. The van der Waals surface area contributed by atoms with Crippen LogP contribution in [0.25, 0.3) is 0 Å². The number of hydrogen-bond acceptors (Lipinski definition) is 2. The van der Waals surface area contributed by atoms with Crippen LogP contribution in [-0.4, -0.2) is 29.2 Å². The number of likely N-dealkylation sites (tertiary alicyclic amines) is 1. The highest BCUT2D eigenvalue weighted by molar-refractivity contribution is 5.65. The smallest absolute Gasteiger partial charge is 0.407 e. The summed E-state index contributed by atoms with van der Waals surface area (Å²) >= 11 is 0. The number of nitrogens with zero attached hydrogens (tertiary/aromatic N) is 2. The van der Waals surface area contributed by atoms with Crippen molar-refractivity contribution in [3.63, 3.8) is 0 Å². The van der Waals surface area contributed by atoms with Crippen LogP contribution in [0.5, 0.6) is 0 Å². The van der Waals surface area contributed by atoms with E-state index in [0.29, 0.717) is 37.3 Å². The fraction of sp³-hybridized carbons (Fsp3) is 0.750. The zero-order valence-corrected chi connectivity index (χ0v) is 6.60. The van der Waals surface area contributed by atoms with Gasteiger partial charge >= 0.3 is 6.09 Å². The third kappa shape index (κ3) is 0.934. The lowest BCUT2D eigenvalue weighted by Gasteiger charge is -2.14. The second kappa shape index (κ2) is 2.37. The van der Waals surface area contributed by atoms with E-state index in [0.717, 1.165) is 0 Å². The van der Waals surface area contributed by atoms with Crippen LogP contribution < -0.4 is 0 Å². The molecule has 1 saturated heterocycles. The molecule has 1 N–H and O–H groups in total. The van der Waals surface area contributed by atoms with Crippen molar-refractivity contribution in [2.75, 3.05) is 13.1 Å². The Hall–Kier alpha value is -1.24. The second-order valence-corrected chi connectivity index (χ2v) is 3.54. The summed E-state index contributed by atoms with van der Waals surface area (Å²) in [5.41, 5.74) is 0. The number of nitriles is 1. The lowest BCUT2D eigenvalue weighted by Crippen LogP contribution is -2.29. The SMILES string of the molecule is N#CCC1C2CN(C(=O)O)CC12. The number of hydrogen-bond donors (Lipinski definition) is 1. The summed E-state index contributed by atoms with van der Waals surface area (Å²) in [4.78, 5) is 11.9. The monoisotopic (exact) mass is 166 g/mol. The van der Waals surface area contributed by atoms with E-state index in [9.17, 15) is 4.79 Å². The van der Waals surface area contributed by atoms with Crippen molar-refractivity contribution in [2.24, 2.45) is 17.8 Å². The molecule has 0 aromatic carbocycles. The zero-order chi connectivity index (χ0) is 8.72. The third-order valence-electron chi connectivity index (χ3n) is 2.97. The van der Waals surface area contributed by atoms with Crippen molar-refractivity contribution in [2.45, 2.75) is 6.42 Å². The summed E-state index contributed by atoms with van der Waals surface area (Å²) in [6.45, 7) is 1.29. The normalized spacial score (nSPS) is 37.2. The van der Waals surface area contributed by atoms with E-state index in [1.807, 2.05) is 0 Å². The van der Waals surface area contributed by atoms with Crippen LogP contribution in [0.1, 0.15) is 6.42 Å². The first kappa shape index (κ1) is 7.41.